The van der Waals surface area contributed by atoms with E-state index >= 15 is 0 Å². The summed E-state index contributed by atoms with van der Waals surface area (Å²) in [5, 5.41) is 6.78. The van der Waals surface area contributed by atoms with Crippen LogP contribution in [0.4, 0.5) is 0 Å². The normalized spacial score (nSPS) is 17.2. The molecule has 1 aliphatic heterocycles. The fraction of sp³-hybridized carbons (Fsp3) is 0.316. The number of aromatic nitrogens is 2. The van der Waals surface area contributed by atoms with E-state index < -0.39 is 0 Å². The van der Waals surface area contributed by atoms with Crippen LogP contribution < -0.4 is 0 Å². The molecule has 1 fully saturated rings. The number of rotatable bonds is 3. The molecule has 5 heteroatoms. The lowest BCUT2D eigenvalue weighted by Gasteiger charge is -2.32. The van der Waals surface area contributed by atoms with Gasteiger partial charge in [0.1, 0.15) is 11.9 Å². The molecule has 0 amide bonds. The second kappa shape index (κ2) is 6.55. The molecule has 1 atom stereocenters. The molecule has 2 heterocycles. The van der Waals surface area contributed by atoms with Crippen LogP contribution in [0.1, 0.15) is 13.1 Å². The first kappa shape index (κ1) is 15.6. The average molecular weight is 342 g/mol. The Bertz CT molecular complexity index is 840. The van der Waals surface area contributed by atoms with Crippen molar-refractivity contribution in [3.8, 4) is 11.3 Å². The van der Waals surface area contributed by atoms with Gasteiger partial charge < -0.3 is 4.74 Å². The smallest absolute Gasteiger partial charge is 0.102 e. The van der Waals surface area contributed by atoms with E-state index in [9.17, 15) is 0 Å². The number of benzene rings is 2. The van der Waals surface area contributed by atoms with Gasteiger partial charge in [-0.3, -0.25) is 4.90 Å². The minimum atomic E-state index is 0.176. The third-order valence-electron chi connectivity index (χ3n) is 4.64. The maximum Gasteiger partial charge on any atom is 0.102 e. The van der Waals surface area contributed by atoms with Gasteiger partial charge in [0.15, 0.2) is 0 Å². The highest BCUT2D eigenvalue weighted by molar-refractivity contribution is 6.31. The largest absolute Gasteiger partial charge is 0.379 e. The number of nitrogens with zero attached hydrogens (tertiary/aromatic N) is 3. The van der Waals surface area contributed by atoms with E-state index in [4.69, 9.17) is 21.4 Å². The molecule has 0 spiro atoms. The molecule has 1 unspecified atom stereocenters. The van der Waals surface area contributed by atoms with Crippen molar-refractivity contribution >= 4 is 22.5 Å². The van der Waals surface area contributed by atoms with Gasteiger partial charge in [0.05, 0.1) is 18.7 Å². The lowest BCUT2D eigenvalue weighted by molar-refractivity contribution is 0.00175. The van der Waals surface area contributed by atoms with Gasteiger partial charge in [0, 0.05) is 29.1 Å². The lowest BCUT2D eigenvalue weighted by Crippen LogP contribution is -2.40. The summed E-state index contributed by atoms with van der Waals surface area (Å²) < 4.78 is 7.59. The minimum absolute atomic E-state index is 0.176. The van der Waals surface area contributed by atoms with Crippen LogP contribution >= 0.6 is 11.6 Å². The van der Waals surface area contributed by atoms with E-state index in [-0.39, 0.29) is 6.17 Å². The van der Waals surface area contributed by atoms with E-state index in [2.05, 4.69) is 34.7 Å². The average Bonchev–Trinajstić information content (AvgIpc) is 3.01. The third-order valence-corrected chi connectivity index (χ3v) is 4.88. The zero-order valence-corrected chi connectivity index (χ0v) is 14.4. The molecule has 24 heavy (non-hydrogen) atoms. The second-order valence-corrected chi connectivity index (χ2v) is 6.54. The van der Waals surface area contributed by atoms with Crippen LogP contribution in [0, 0.1) is 0 Å². The lowest BCUT2D eigenvalue weighted by atomic mass is 10.1. The van der Waals surface area contributed by atoms with Gasteiger partial charge in [-0.05, 0) is 25.1 Å². The molecule has 124 valence electrons. The van der Waals surface area contributed by atoms with E-state index in [1.165, 1.54) is 0 Å². The fourth-order valence-electron chi connectivity index (χ4n) is 3.31. The standard InChI is InChI=1S/C19H20ClN3O/c1-14(22-9-11-24-12-10-22)23-18-8-7-16(20)13-17(18)19(21-23)15-5-3-2-4-6-15/h2-8,13-14H,9-12H2,1H3. The summed E-state index contributed by atoms with van der Waals surface area (Å²) in [5.74, 6) is 0. The Balaban J connectivity index is 1.84. The fourth-order valence-corrected chi connectivity index (χ4v) is 3.49. The molecule has 1 aromatic heterocycles. The molecule has 0 saturated carbocycles. The molecule has 3 aromatic rings. The summed E-state index contributed by atoms with van der Waals surface area (Å²) in [4.78, 5) is 2.40. The van der Waals surface area contributed by atoms with Crippen molar-refractivity contribution in [1.82, 2.24) is 14.7 Å². The molecule has 1 aliphatic rings. The molecule has 1 saturated heterocycles. The Morgan fingerprint density at radius 3 is 2.58 bits per heavy atom. The topological polar surface area (TPSA) is 30.3 Å². The first-order chi connectivity index (χ1) is 11.7. The van der Waals surface area contributed by atoms with Gasteiger partial charge in [0.25, 0.3) is 0 Å². The van der Waals surface area contributed by atoms with Crippen molar-refractivity contribution in [2.24, 2.45) is 0 Å². The molecular formula is C19H20ClN3O. The quantitative estimate of drug-likeness (QED) is 0.715. The molecule has 2 aromatic carbocycles. The van der Waals surface area contributed by atoms with Crippen molar-refractivity contribution in [3.63, 3.8) is 0 Å². The van der Waals surface area contributed by atoms with E-state index in [0.717, 1.165) is 53.5 Å². The molecular weight excluding hydrogens is 322 g/mol. The van der Waals surface area contributed by atoms with Crippen LogP contribution in [0.2, 0.25) is 5.02 Å². The number of morpholine rings is 1. The van der Waals surface area contributed by atoms with Gasteiger partial charge in [-0.2, -0.15) is 5.10 Å². The van der Waals surface area contributed by atoms with Crippen LogP contribution in [0.3, 0.4) is 0 Å². The molecule has 0 N–H and O–H groups in total. The zero-order valence-electron chi connectivity index (χ0n) is 13.7. The SMILES string of the molecule is CC(N1CCOCC1)n1nc(-c2ccccc2)c2cc(Cl)ccc21. The maximum atomic E-state index is 6.25. The number of fused-ring (bicyclic) bond motifs is 1. The predicted molar refractivity (Wildman–Crippen MR) is 97.3 cm³/mol. The van der Waals surface area contributed by atoms with Crippen LogP contribution in [0.15, 0.2) is 48.5 Å². The monoisotopic (exact) mass is 341 g/mol. The van der Waals surface area contributed by atoms with Crippen molar-refractivity contribution < 1.29 is 4.74 Å². The van der Waals surface area contributed by atoms with Crippen LogP contribution in [0.5, 0.6) is 0 Å². The molecule has 0 aliphatic carbocycles. The predicted octanol–water partition coefficient (Wildman–Crippen LogP) is 4.21. The summed E-state index contributed by atoms with van der Waals surface area (Å²) >= 11 is 6.25. The Morgan fingerprint density at radius 2 is 1.83 bits per heavy atom. The summed E-state index contributed by atoms with van der Waals surface area (Å²) in [6, 6.07) is 16.3. The Morgan fingerprint density at radius 1 is 1.08 bits per heavy atom. The first-order valence-electron chi connectivity index (χ1n) is 8.29. The Kier molecular flexibility index (Phi) is 4.27. The van der Waals surface area contributed by atoms with Crippen LogP contribution in [-0.2, 0) is 4.74 Å². The third kappa shape index (κ3) is 2.81. The number of hydrogen-bond acceptors (Lipinski definition) is 3. The second-order valence-electron chi connectivity index (χ2n) is 6.10. The van der Waals surface area contributed by atoms with E-state index in [1.54, 1.807) is 0 Å². The molecule has 4 nitrogen and oxygen atoms in total. The zero-order chi connectivity index (χ0) is 16.5. The van der Waals surface area contributed by atoms with E-state index in [1.807, 2.05) is 30.3 Å². The van der Waals surface area contributed by atoms with Crippen LogP contribution in [-0.4, -0.2) is 41.0 Å². The first-order valence-corrected chi connectivity index (χ1v) is 8.67. The van der Waals surface area contributed by atoms with Gasteiger partial charge in [-0.1, -0.05) is 41.9 Å². The van der Waals surface area contributed by atoms with Gasteiger partial charge >= 0.3 is 0 Å². The van der Waals surface area contributed by atoms with Crippen LogP contribution in [0.25, 0.3) is 22.2 Å². The Labute approximate surface area is 146 Å². The molecule has 0 bridgehead atoms. The summed E-state index contributed by atoms with van der Waals surface area (Å²) in [7, 11) is 0. The Hall–Kier alpha value is -1.88. The van der Waals surface area contributed by atoms with Crippen molar-refractivity contribution in [1.29, 1.82) is 0 Å². The molecule has 4 rings (SSSR count). The summed E-state index contributed by atoms with van der Waals surface area (Å²) in [5.41, 5.74) is 3.20. The van der Waals surface area contributed by atoms with Gasteiger partial charge in [-0.25, -0.2) is 4.68 Å². The van der Waals surface area contributed by atoms with Crippen molar-refractivity contribution in [2.75, 3.05) is 26.3 Å². The van der Waals surface area contributed by atoms with Crippen molar-refractivity contribution in [3.05, 3.63) is 53.6 Å². The van der Waals surface area contributed by atoms with Gasteiger partial charge in [0.2, 0.25) is 0 Å². The highest BCUT2D eigenvalue weighted by Crippen LogP contribution is 2.32. The highest BCUT2D eigenvalue weighted by Gasteiger charge is 2.22. The summed E-state index contributed by atoms with van der Waals surface area (Å²) in [6.07, 6.45) is 0.176. The maximum absolute atomic E-state index is 6.25. The van der Waals surface area contributed by atoms with Crippen molar-refractivity contribution in [2.45, 2.75) is 13.1 Å². The number of halogens is 1. The minimum Gasteiger partial charge on any atom is -0.379 e. The molecule has 0 radical (unpaired) electrons. The highest BCUT2D eigenvalue weighted by atomic mass is 35.5. The summed E-state index contributed by atoms with van der Waals surface area (Å²) in [6.45, 7) is 5.61. The van der Waals surface area contributed by atoms with Gasteiger partial charge in [-0.15, -0.1) is 0 Å². The number of ether oxygens (including phenoxy) is 1. The van der Waals surface area contributed by atoms with E-state index in [0.29, 0.717) is 0 Å². The number of hydrogen-bond donors (Lipinski definition) is 0.